The third kappa shape index (κ3) is 2.73. The molecular weight excluding hydrogens is 208 g/mol. The predicted molar refractivity (Wildman–Crippen MR) is 71.5 cm³/mol. The molecular formula is C15H18N2. The molecule has 0 aliphatic heterocycles. The van der Waals surface area contributed by atoms with E-state index in [1.165, 1.54) is 22.3 Å². The Morgan fingerprint density at radius 2 is 1.59 bits per heavy atom. The van der Waals surface area contributed by atoms with Crippen molar-refractivity contribution in [3.8, 4) is 0 Å². The molecule has 0 fully saturated rings. The fraction of sp³-hybridized carbons (Fsp3) is 0.200. The van der Waals surface area contributed by atoms with E-state index in [0.29, 0.717) is 0 Å². The molecule has 0 saturated heterocycles. The number of hydrazine groups is 1. The first kappa shape index (κ1) is 11.8. The van der Waals surface area contributed by atoms with E-state index in [1.807, 2.05) is 0 Å². The first-order valence-electron chi connectivity index (χ1n) is 5.80. The largest absolute Gasteiger partial charge is 0.271 e. The molecule has 2 nitrogen and oxygen atoms in total. The van der Waals surface area contributed by atoms with Gasteiger partial charge in [-0.2, -0.15) is 0 Å². The molecule has 0 saturated carbocycles. The minimum atomic E-state index is 0.0514. The number of rotatable bonds is 3. The molecule has 3 N–H and O–H groups in total. The topological polar surface area (TPSA) is 38.0 Å². The Balaban J connectivity index is 2.36. The zero-order valence-corrected chi connectivity index (χ0v) is 10.3. The molecule has 0 heterocycles. The van der Waals surface area contributed by atoms with Crippen LogP contribution in [0.1, 0.15) is 28.3 Å². The molecule has 0 aliphatic rings. The summed E-state index contributed by atoms with van der Waals surface area (Å²) in [6, 6.07) is 16.9. The van der Waals surface area contributed by atoms with Crippen LogP contribution >= 0.6 is 0 Å². The van der Waals surface area contributed by atoms with E-state index in [0.717, 1.165) is 0 Å². The summed E-state index contributed by atoms with van der Waals surface area (Å²) in [5.74, 6) is 5.67. The molecule has 0 amide bonds. The normalized spacial score (nSPS) is 12.4. The van der Waals surface area contributed by atoms with Gasteiger partial charge in [0.1, 0.15) is 0 Å². The number of nitrogens with one attached hydrogen (secondary N) is 1. The smallest absolute Gasteiger partial charge is 0.0710 e. The van der Waals surface area contributed by atoms with E-state index in [4.69, 9.17) is 5.84 Å². The predicted octanol–water partition coefficient (Wildman–Crippen LogP) is 2.86. The molecule has 2 rings (SSSR count). The van der Waals surface area contributed by atoms with Crippen molar-refractivity contribution in [3.63, 3.8) is 0 Å². The van der Waals surface area contributed by atoms with E-state index in [2.05, 4.69) is 67.8 Å². The lowest BCUT2D eigenvalue weighted by Crippen LogP contribution is -2.28. The molecule has 2 aromatic rings. The Bertz CT molecular complexity index is 489. The Morgan fingerprint density at radius 1 is 0.882 bits per heavy atom. The molecule has 1 unspecified atom stereocenters. The first-order valence-corrected chi connectivity index (χ1v) is 5.80. The summed E-state index contributed by atoms with van der Waals surface area (Å²) in [5, 5.41) is 0. The fourth-order valence-corrected chi connectivity index (χ4v) is 1.99. The minimum absolute atomic E-state index is 0.0514. The van der Waals surface area contributed by atoms with Crippen molar-refractivity contribution < 1.29 is 0 Å². The Morgan fingerprint density at radius 3 is 2.18 bits per heavy atom. The van der Waals surface area contributed by atoms with E-state index < -0.39 is 0 Å². The van der Waals surface area contributed by atoms with Crippen LogP contribution in [0, 0.1) is 13.8 Å². The average molecular weight is 226 g/mol. The first-order chi connectivity index (χ1) is 8.20. The van der Waals surface area contributed by atoms with Gasteiger partial charge in [0.25, 0.3) is 0 Å². The zero-order valence-electron chi connectivity index (χ0n) is 10.3. The highest BCUT2D eigenvalue weighted by molar-refractivity contribution is 5.34. The van der Waals surface area contributed by atoms with Crippen molar-refractivity contribution in [1.82, 2.24) is 5.43 Å². The Labute approximate surface area is 102 Å². The van der Waals surface area contributed by atoms with Gasteiger partial charge in [-0.05, 0) is 25.0 Å². The maximum Gasteiger partial charge on any atom is 0.0710 e. The summed E-state index contributed by atoms with van der Waals surface area (Å²) < 4.78 is 0. The highest BCUT2D eigenvalue weighted by atomic mass is 15.2. The Hall–Kier alpha value is -1.64. The molecule has 0 aromatic heterocycles. The summed E-state index contributed by atoms with van der Waals surface area (Å²) in [6.45, 7) is 4.17. The van der Waals surface area contributed by atoms with Gasteiger partial charge in [-0.25, -0.2) is 5.43 Å². The molecule has 2 heteroatoms. The highest BCUT2D eigenvalue weighted by Gasteiger charge is 2.11. The van der Waals surface area contributed by atoms with Gasteiger partial charge in [0.2, 0.25) is 0 Å². The third-order valence-corrected chi connectivity index (χ3v) is 2.95. The van der Waals surface area contributed by atoms with Crippen LogP contribution in [0.15, 0.2) is 48.5 Å². The van der Waals surface area contributed by atoms with Crippen molar-refractivity contribution in [2.45, 2.75) is 19.9 Å². The van der Waals surface area contributed by atoms with Gasteiger partial charge in [-0.3, -0.25) is 5.84 Å². The lowest BCUT2D eigenvalue weighted by atomic mass is 9.97. The molecule has 2 aromatic carbocycles. The van der Waals surface area contributed by atoms with Crippen molar-refractivity contribution in [2.24, 2.45) is 5.84 Å². The number of hydrogen-bond acceptors (Lipinski definition) is 2. The molecule has 17 heavy (non-hydrogen) atoms. The molecule has 0 aliphatic carbocycles. The van der Waals surface area contributed by atoms with Crippen molar-refractivity contribution >= 4 is 0 Å². The van der Waals surface area contributed by atoms with Gasteiger partial charge in [0.05, 0.1) is 6.04 Å². The fourth-order valence-electron chi connectivity index (χ4n) is 1.99. The van der Waals surface area contributed by atoms with Crippen molar-refractivity contribution in [1.29, 1.82) is 0 Å². The summed E-state index contributed by atoms with van der Waals surface area (Å²) in [5.41, 5.74) is 7.76. The van der Waals surface area contributed by atoms with Gasteiger partial charge in [0.15, 0.2) is 0 Å². The van der Waals surface area contributed by atoms with Gasteiger partial charge in [-0.15, -0.1) is 0 Å². The van der Waals surface area contributed by atoms with Crippen LogP contribution < -0.4 is 11.3 Å². The van der Waals surface area contributed by atoms with Crippen LogP contribution in [0.25, 0.3) is 0 Å². The maximum atomic E-state index is 5.67. The molecule has 1 atom stereocenters. The van der Waals surface area contributed by atoms with E-state index in [9.17, 15) is 0 Å². The standard InChI is InChI=1S/C15H18N2/c1-11-6-8-13(9-7-11)15(17-16)14-5-3-4-12(2)10-14/h3-10,15,17H,16H2,1-2H3. The van der Waals surface area contributed by atoms with Crippen molar-refractivity contribution in [2.75, 3.05) is 0 Å². The highest BCUT2D eigenvalue weighted by Crippen LogP contribution is 2.22. The molecule has 88 valence electrons. The van der Waals surface area contributed by atoms with Crippen molar-refractivity contribution in [3.05, 3.63) is 70.8 Å². The minimum Gasteiger partial charge on any atom is -0.271 e. The van der Waals surface area contributed by atoms with Crippen LogP contribution in [0.3, 0.4) is 0 Å². The molecule has 0 spiro atoms. The van der Waals surface area contributed by atoms with Gasteiger partial charge >= 0.3 is 0 Å². The second-order valence-electron chi connectivity index (χ2n) is 4.42. The van der Waals surface area contributed by atoms with E-state index in [1.54, 1.807) is 0 Å². The number of nitrogens with two attached hydrogens (primary N) is 1. The van der Waals surface area contributed by atoms with Crippen LogP contribution in [0.4, 0.5) is 0 Å². The second-order valence-corrected chi connectivity index (χ2v) is 4.42. The van der Waals surface area contributed by atoms with E-state index >= 15 is 0 Å². The summed E-state index contributed by atoms with van der Waals surface area (Å²) in [7, 11) is 0. The van der Waals surface area contributed by atoms with Crippen LogP contribution in [-0.2, 0) is 0 Å². The summed E-state index contributed by atoms with van der Waals surface area (Å²) >= 11 is 0. The second kappa shape index (κ2) is 5.13. The number of hydrogen-bond donors (Lipinski definition) is 2. The van der Waals surface area contributed by atoms with Crippen LogP contribution in [0.5, 0.6) is 0 Å². The number of benzene rings is 2. The van der Waals surface area contributed by atoms with Crippen LogP contribution in [0.2, 0.25) is 0 Å². The molecule has 0 radical (unpaired) electrons. The van der Waals surface area contributed by atoms with E-state index in [-0.39, 0.29) is 6.04 Å². The third-order valence-electron chi connectivity index (χ3n) is 2.95. The van der Waals surface area contributed by atoms with Gasteiger partial charge in [0, 0.05) is 0 Å². The Kier molecular flexibility index (Phi) is 3.57. The van der Waals surface area contributed by atoms with Crippen LogP contribution in [-0.4, -0.2) is 0 Å². The quantitative estimate of drug-likeness (QED) is 0.624. The monoisotopic (exact) mass is 226 g/mol. The zero-order chi connectivity index (χ0) is 12.3. The average Bonchev–Trinajstić information content (AvgIpc) is 2.33. The van der Waals surface area contributed by atoms with Gasteiger partial charge < -0.3 is 0 Å². The molecule has 0 bridgehead atoms. The summed E-state index contributed by atoms with van der Waals surface area (Å²) in [4.78, 5) is 0. The SMILES string of the molecule is Cc1ccc(C(NN)c2cccc(C)c2)cc1. The lowest BCUT2D eigenvalue weighted by molar-refractivity contribution is 0.636. The number of aryl methyl sites for hydroxylation is 2. The summed E-state index contributed by atoms with van der Waals surface area (Å²) in [6.07, 6.45) is 0. The lowest BCUT2D eigenvalue weighted by Gasteiger charge is -2.17. The maximum absolute atomic E-state index is 5.67. The van der Waals surface area contributed by atoms with Gasteiger partial charge in [-0.1, -0.05) is 59.7 Å².